The number of nitrogens with one attached hydrogen (secondary N) is 3. The average molecular weight is 382 g/mol. The molecule has 7 nitrogen and oxygen atoms in total. The summed E-state index contributed by atoms with van der Waals surface area (Å²) in [6.07, 6.45) is -0.486. The first-order valence-corrected chi connectivity index (χ1v) is 8.79. The van der Waals surface area contributed by atoms with Gasteiger partial charge in [-0.15, -0.1) is 0 Å². The van der Waals surface area contributed by atoms with Crippen LogP contribution in [0.3, 0.4) is 0 Å². The Labute approximate surface area is 160 Å². The van der Waals surface area contributed by atoms with E-state index in [1.807, 2.05) is 13.8 Å². The maximum Gasteiger partial charge on any atom is 0.408 e. The summed E-state index contributed by atoms with van der Waals surface area (Å²) < 4.78 is 18.7. The van der Waals surface area contributed by atoms with E-state index < -0.39 is 23.1 Å². The lowest BCUT2D eigenvalue weighted by atomic mass is 10.1. The molecule has 0 fully saturated rings. The zero-order valence-electron chi connectivity index (χ0n) is 16.9. The second-order valence-corrected chi connectivity index (χ2v) is 7.87. The molecule has 0 bridgehead atoms. The minimum Gasteiger partial charge on any atom is -0.444 e. The van der Waals surface area contributed by atoms with Crippen LogP contribution in [0.2, 0.25) is 0 Å². The molecule has 0 atom stereocenters. The van der Waals surface area contributed by atoms with E-state index in [4.69, 9.17) is 9.84 Å². The van der Waals surface area contributed by atoms with Crippen molar-refractivity contribution in [3.8, 4) is 0 Å². The molecule has 4 N–H and O–H groups in total. The van der Waals surface area contributed by atoms with E-state index in [-0.39, 0.29) is 12.2 Å². The molecule has 27 heavy (non-hydrogen) atoms. The van der Waals surface area contributed by atoms with Gasteiger partial charge in [-0.05, 0) is 52.3 Å². The van der Waals surface area contributed by atoms with Crippen LogP contribution >= 0.6 is 0 Å². The number of hydrogen-bond acceptors (Lipinski definition) is 4. The Balaban J connectivity index is 2.55. The van der Waals surface area contributed by atoms with Crippen molar-refractivity contribution in [2.24, 2.45) is 4.99 Å². The standard InChI is InChI=1S/C19H31FN4O3/c1-18(2,3)27-17(26)24-19(4,5)12-23-16(21-6)22-10-13-7-8-15(20)14(9-13)11-25/h7-9,25H,10-12H2,1-6H3,(H,24,26)(H2,21,22,23). The van der Waals surface area contributed by atoms with Gasteiger partial charge in [0, 0.05) is 25.7 Å². The van der Waals surface area contributed by atoms with Gasteiger partial charge in [0.25, 0.3) is 0 Å². The van der Waals surface area contributed by atoms with E-state index in [0.717, 1.165) is 5.56 Å². The molecular weight excluding hydrogens is 351 g/mol. The van der Waals surface area contributed by atoms with Gasteiger partial charge in [0.05, 0.1) is 12.1 Å². The summed E-state index contributed by atoms with van der Waals surface area (Å²) in [6, 6.07) is 4.57. The number of alkyl carbamates (subject to hydrolysis) is 1. The Kier molecular flexibility index (Phi) is 8.02. The van der Waals surface area contributed by atoms with Crippen LogP contribution in [0.25, 0.3) is 0 Å². The number of guanidine groups is 1. The summed E-state index contributed by atoms with van der Waals surface area (Å²) in [4.78, 5) is 16.1. The van der Waals surface area contributed by atoms with Crippen molar-refractivity contribution in [2.75, 3.05) is 13.6 Å². The van der Waals surface area contributed by atoms with Crippen LogP contribution in [-0.2, 0) is 17.9 Å². The van der Waals surface area contributed by atoms with Crippen LogP contribution in [0, 0.1) is 5.82 Å². The van der Waals surface area contributed by atoms with Gasteiger partial charge in [0.1, 0.15) is 11.4 Å². The fourth-order valence-corrected chi connectivity index (χ4v) is 2.19. The number of nitrogens with zero attached hydrogens (tertiary/aromatic N) is 1. The van der Waals surface area contributed by atoms with E-state index in [9.17, 15) is 9.18 Å². The van der Waals surface area contributed by atoms with Gasteiger partial charge in [0.15, 0.2) is 5.96 Å². The van der Waals surface area contributed by atoms with Crippen LogP contribution in [0.5, 0.6) is 0 Å². The number of benzene rings is 1. The summed E-state index contributed by atoms with van der Waals surface area (Å²) >= 11 is 0. The minimum atomic E-state index is -0.570. The average Bonchev–Trinajstić information content (AvgIpc) is 2.53. The fraction of sp³-hybridized carbons (Fsp3) is 0.579. The maximum absolute atomic E-state index is 13.4. The molecule has 152 valence electrons. The van der Waals surface area contributed by atoms with Crippen LogP contribution in [0.1, 0.15) is 45.7 Å². The number of carbonyl (C=O) groups is 1. The van der Waals surface area contributed by atoms with Crippen molar-refractivity contribution in [2.45, 2.75) is 58.9 Å². The molecule has 0 spiro atoms. The molecule has 0 aromatic heterocycles. The van der Waals surface area contributed by atoms with E-state index in [0.29, 0.717) is 19.0 Å². The van der Waals surface area contributed by atoms with Crippen molar-refractivity contribution in [3.63, 3.8) is 0 Å². The Hall–Kier alpha value is -2.35. The molecule has 0 aliphatic carbocycles. The number of aliphatic hydroxyl groups excluding tert-OH is 1. The lowest BCUT2D eigenvalue weighted by molar-refractivity contribution is 0.0474. The Morgan fingerprint density at radius 2 is 1.89 bits per heavy atom. The van der Waals surface area contributed by atoms with Crippen molar-refractivity contribution < 1.29 is 19.0 Å². The molecule has 8 heteroatoms. The van der Waals surface area contributed by atoms with Gasteiger partial charge in [-0.25, -0.2) is 9.18 Å². The van der Waals surface area contributed by atoms with Crippen molar-refractivity contribution in [1.29, 1.82) is 0 Å². The number of aliphatic imine (C=N–C) groups is 1. The summed E-state index contributed by atoms with van der Waals surface area (Å²) in [7, 11) is 1.63. The lowest BCUT2D eigenvalue weighted by Crippen LogP contribution is -2.54. The number of rotatable bonds is 6. The predicted octanol–water partition coefficient (Wildman–Crippen LogP) is 2.29. The lowest BCUT2D eigenvalue weighted by Gasteiger charge is -2.29. The molecule has 0 radical (unpaired) electrons. The van der Waals surface area contributed by atoms with Gasteiger partial charge in [-0.2, -0.15) is 0 Å². The Morgan fingerprint density at radius 1 is 1.22 bits per heavy atom. The zero-order valence-corrected chi connectivity index (χ0v) is 16.9. The van der Waals surface area contributed by atoms with Crippen molar-refractivity contribution in [3.05, 3.63) is 35.1 Å². The SMILES string of the molecule is CN=C(NCc1ccc(F)c(CO)c1)NCC(C)(C)NC(=O)OC(C)(C)C. The number of halogens is 1. The number of carbonyl (C=O) groups excluding carboxylic acids is 1. The zero-order chi connectivity index (χ0) is 20.7. The Morgan fingerprint density at radius 3 is 2.44 bits per heavy atom. The minimum absolute atomic E-state index is 0.250. The molecule has 0 aliphatic rings. The van der Waals surface area contributed by atoms with Gasteiger partial charge in [-0.1, -0.05) is 6.07 Å². The van der Waals surface area contributed by atoms with E-state index in [1.54, 1.807) is 40.0 Å². The third-order valence-electron chi connectivity index (χ3n) is 3.50. The Bertz CT molecular complexity index is 669. The molecule has 0 aliphatic heterocycles. The highest BCUT2D eigenvalue weighted by atomic mass is 19.1. The molecule has 0 saturated heterocycles. The third-order valence-corrected chi connectivity index (χ3v) is 3.50. The van der Waals surface area contributed by atoms with Gasteiger partial charge in [0.2, 0.25) is 0 Å². The third kappa shape index (κ3) is 8.72. The van der Waals surface area contributed by atoms with Crippen LogP contribution < -0.4 is 16.0 Å². The summed E-state index contributed by atoms with van der Waals surface area (Å²) in [5, 5.41) is 18.2. The van der Waals surface area contributed by atoms with Gasteiger partial charge >= 0.3 is 6.09 Å². The van der Waals surface area contributed by atoms with Crippen molar-refractivity contribution in [1.82, 2.24) is 16.0 Å². The van der Waals surface area contributed by atoms with Crippen molar-refractivity contribution >= 4 is 12.1 Å². The second-order valence-electron chi connectivity index (χ2n) is 7.87. The summed E-state index contributed by atoms with van der Waals surface area (Å²) in [5.41, 5.74) is -0.0670. The van der Waals surface area contributed by atoms with E-state index >= 15 is 0 Å². The molecule has 0 unspecified atom stereocenters. The molecule has 1 aromatic rings. The maximum atomic E-state index is 13.4. The highest BCUT2D eigenvalue weighted by Gasteiger charge is 2.24. The summed E-state index contributed by atoms with van der Waals surface area (Å²) in [5.74, 6) is 0.0997. The number of amides is 1. The fourth-order valence-electron chi connectivity index (χ4n) is 2.19. The first kappa shape index (κ1) is 22.7. The number of aliphatic hydroxyl groups is 1. The quantitative estimate of drug-likeness (QED) is 0.447. The van der Waals surface area contributed by atoms with Crippen LogP contribution in [0.4, 0.5) is 9.18 Å². The molecule has 1 rings (SSSR count). The summed E-state index contributed by atoms with van der Waals surface area (Å²) in [6.45, 7) is 9.63. The highest BCUT2D eigenvalue weighted by Crippen LogP contribution is 2.11. The molecule has 0 saturated carbocycles. The smallest absolute Gasteiger partial charge is 0.408 e. The normalized spacial score (nSPS) is 12.5. The largest absolute Gasteiger partial charge is 0.444 e. The van der Waals surface area contributed by atoms with Crippen LogP contribution in [0.15, 0.2) is 23.2 Å². The molecule has 1 aromatic carbocycles. The van der Waals surface area contributed by atoms with Crippen LogP contribution in [-0.4, -0.2) is 41.9 Å². The molecule has 1 amide bonds. The van der Waals surface area contributed by atoms with Gasteiger partial charge < -0.3 is 25.8 Å². The first-order chi connectivity index (χ1) is 12.5. The monoisotopic (exact) mass is 382 g/mol. The van der Waals surface area contributed by atoms with E-state index in [2.05, 4.69) is 20.9 Å². The first-order valence-electron chi connectivity index (χ1n) is 8.79. The number of hydrogen-bond donors (Lipinski definition) is 4. The molecular formula is C19H31FN4O3. The topological polar surface area (TPSA) is 95.0 Å². The van der Waals surface area contributed by atoms with Gasteiger partial charge in [-0.3, -0.25) is 4.99 Å². The van der Waals surface area contributed by atoms with E-state index in [1.165, 1.54) is 6.07 Å². The second kappa shape index (κ2) is 9.55. The molecule has 0 heterocycles. The number of ether oxygens (including phenoxy) is 1. The predicted molar refractivity (Wildman–Crippen MR) is 104 cm³/mol. The highest BCUT2D eigenvalue weighted by molar-refractivity contribution is 5.79.